The molecule has 0 atom stereocenters. The van der Waals surface area contributed by atoms with E-state index in [0.29, 0.717) is 10.0 Å². The molecule has 0 saturated carbocycles. The summed E-state index contributed by atoms with van der Waals surface area (Å²) in [6.07, 6.45) is 0. The monoisotopic (exact) mass is 228 g/mol. The zero-order chi connectivity index (χ0) is 9.56. The summed E-state index contributed by atoms with van der Waals surface area (Å²) >= 11 is 11.2. The second kappa shape index (κ2) is 6.46. The molecule has 3 nitrogen and oxygen atoms in total. The van der Waals surface area contributed by atoms with Crippen LogP contribution in [-0.4, -0.2) is 9.79 Å². The van der Waals surface area contributed by atoms with E-state index in [0.717, 1.165) is 0 Å². The van der Waals surface area contributed by atoms with Crippen LogP contribution in [0.3, 0.4) is 0 Å². The van der Waals surface area contributed by atoms with Gasteiger partial charge in [0, 0.05) is 0 Å². The third kappa shape index (κ3) is 6.65. The van der Waals surface area contributed by atoms with E-state index in [1.54, 1.807) is 12.1 Å². The molecule has 0 bridgehead atoms. The van der Waals surface area contributed by atoms with E-state index in [1.807, 2.05) is 12.1 Å². The van der Waals surface area contributed by atoms with Crippen molar-refractivity contribution < 1.29 is 14.4 Å². The van der Waals surface area contributed by atoms with E-state index in [2.05, 4.69) is 0 Å². The lowest BCUT2D eigenvalue weighted by Gasteiger charge is -1.88. The largest absolute Gasteiger partial charge is 0.326 e. The Morgan fingerprint density at radius 1 is 1.08 bits per heavy atom. The molecule has 0 radical (unpaired) electrons. The Hall–Kier alpha value is -0.0500. The van der Waals surface area contributed by atoms with Crippen LogP contribution in [0.4, 0.5) is 0 Å². The highest BCUT2D eigenvalue weighted by Gasteiger charge is 1.89. The highest BCUT2D eigenvalue weighted by Crippen LogP contribution is 2.19. The number of benzene rings is 1. The summed E-state index contributed by atoms with van der Waals surface area (Å²) in [5.41, 5.74) is 0. The van der Waals surface area contributed by atoms with Gasteiger partial charge in [-0.2, -0.15) is 0 Å². The van der Waals surface area contributed by atoms with Crippen molar-refractivity contribution in [2.24, 2.45) is 0 Å². The van der Waals surface area contributed by atoms with Crippen molar-refractivity contribution in [1.82, 2.24) is 0 Å². The zero-order valence-corrected chi connectivity index (χ0v) is 8.38. The van der Waals surface area contributed by atoms with Crippen LogP contribution in [-0.2, 0) is 4.57 Å². The summed E-state index contributed by atoms with van der Waals surface area (Å²) in [5, 5.41) is 1.21. The van der Waals surface area contributed by atoms with Crippen LogP contribution in [0.15, 0.2) is 24.3 Å². The van der Waals surface area contributed by atoms with Crippen molar-refractivity contribution >= 4 is 31.5 Å². The SMILES string of the molecule is Clc1ccccc1Cl.O=[PH](O)O. The first kappa shape index (κ1) is 11.9. The van der Waals surface area contributed by atoms with E-state index >= 15 is 0 Å². The highest BCUT2D eigenvalue weighted by atomic mass is 35.5. The maximum absolute atomic E-state index is 8.74. The Morgan fingerprint density at radius 2 is 1.33 bits per heavy atom. The fourth-order valence-corrected chi connectivity index (χ4v) is 0.711. The van der Waals surface area contributed by atoms with Crippen LogP contribution in [0.2, 0.25) is 10.0 Å². The molecule has 0 unspecified atom stereocenters. The number of hydrogen-bond donors (Lipinski definition) is 2. The smallest absolute Gasteiger partial charge is 0.314 e. The normalized spacial score (nSPS) is 9.08. The van der Waals surface area contributed by atoms with E-state index in [4.69, 9.17) is 37.6 Å². The molecular formula is C6H7Cl2O3P. The first-order valence-corrected chi connectivity index (χ1v) is 4.92. The summed E-state index contributed by atoms with van der Waals surface area (Å²) in [4.78, 5) is 14.3. The molecule has 6 heteroatoms. The van der Waals surface area contributed by atoms with Crippen molar-refractivity contribution in [3.8, 4) is 0 Å². The minimum Gasteiger partial charge on any atom is -0.326 e. The van der Waals surface area contributed by atoms with E-state index in [9.17, 15) is 0 Å². The second-order valence-electron chi connectivity index (χ2n) is 1.70. The molecule has 1 rings (SSSR count). The van der Waals surface area contributed by atoms with Crippen molar-refractivity contribution in [1.29, 1.82) is 0 Å². The Labute approximate surface area is 80.5 Å². The standard InChI is InChI=1S/C6H4Cl2.H3O3P/c7-5-3-1-2-4-6(5)8;1-4(2)3/h1-4H;4H,(H2,1,2,3). The van der Waals surface area contributed by atoms with Gasteiger partial charge in [0.1, 0.15) is 0 Å². The van der Waals surface area contributed by atoms with Gasteiger partial charge in [0.15, 0.2) is 0 Å². The fraction of sp³-hybridized carbons (Fsp3) is 0. The lowest BCUT2D eigenvalue weighted by Crippen LogP contribution is -1.62. The van der Waals surface area contributed by atoms with Crippen molar-refractivity contribution in [2.45, 2.75) is 0 Å². The van der Waals surface area contributed by atoms with Crippen molar-refractivity contribution in [3.05, 3.63) is 34.3 Å². The average Bonchev–Trinajstić information content (AvgIpc) is 1.94. The second-order valence-corrected chi connectivity index (χ2v) is 3.08. The van der Waals surface area contributed by atoms with Crippen molar-refractivity contribution in [3.63, 3.8) is 0 Å². The van der Waals surface area contributed by atoms with Crippen LogP contribution in [0, 0.1) is 0 Å². The third-order valence-electron chi connectivity index (χ3n) is 0.824. The molecule has 68 valence electrons. The Bertz CT molecular complexity index is 242. The maximum Gasteiger partial charge on any atom is 0.314 e. The van der Waals surface area contributed by atoms with E-state index < -0.39 is 8.25 Å². The van der Waals surface area contributed by atoms with Gasteiger partial charge in [0.2, 0.25) is 0 Å². The molecule has 0 spiro atoms. The molecule has 0 aliphatic carbocycles. The molecule has 12 heavy (non-hydrogen) atoms. The van der Waals surface area contributed by atoms with Gasteiger partial charge >= 0.3 is 8.25 Å². The Morgan fingerprint density at radius 3 is 1.50 bits per heavy atom. The minimum atomic E-state index is -3.13. The van der Waals surface area contributed by atoms with Crippen LogP contribution in [0.25, 0.3) is 0 Å². The van der Waals surface area contributed by atoms with Crippen LogP contribution < -0.4 is 0 Å². The maximum atomic E-state index is 8.74. The summed E-state index contributed by atoms with van der Waals surface area (Å²) in [6, 6.07) is 7.19. The first-order valence-electron chi connectivity index (χ1n) is 2.86. The number of rotatable bonds is 0. The molecule has 0 aromatic heterocycles. The van der Waals surface area contributed by atoms with E-state index in [1.165, 1.54) is 0 Å². The minimum absolute atomic E-state index is 0.606. The van der Waals surface area contributed by atoms with Crippen LogP contribution >= 0.6 is 31.5 Å². The van der Waals surface area contributed by atoms with Crippen molar-refractivity contribution in [2.75, 3.05) is 0 Å². The van der Waals surface area contributed by atoms with Crippen LogP contribution in [0.5, 0.6) is 0 Å². The van der Waals surface area contributed by atoms with Gasteiger partial charge in [-0.05, 0) is 12.1 Å². The predicted molar refractivity (Wildman–Crippen MR) is 49.9 cm³/mol. The predicted octanol–water partition coefficient (Wildman–Crippen LogP) is 2.35. The van der Waals surface area contributed by atoms with Gasteiger partial charge in [-0.1, -0.05) is 35.3 Å². The number of halogens is 2. The lowest BCUT2D eigenvalue weighted by molar-refractivity contribution is 0.405. The summed E-state index contributed by atoms with van der Waals surface area (Å²) < 4.78 is 8.74. The molecule has 0 heterocycles. The number of hydrogen-bond acceptors (Lipinski definition) is 1. The van der Waals surface area contributed by atoms with Gasteiger partial charge < -0.3 is 9.79 Å². The molecule has 0 aliphatic rings. The molecule has 0 fully saturated rings. The third-order valence-corrected chi connectivity index (χ3v) is 1.58. The topological polar surface area (TPSA) is 57.5 Å². The first-order chi connectivity index (χ1) is 5.54. The molecule has 0 aliphatic heterocycles. The average molecular weight is 229 g/mol. The highest BCUT2D eigenvalue weighted by molar-refractivity contribution is 7.30. The van der Waals surface area contributed by atoms with Gasteiger partial charge in [-0.25, -0.2) is 0 Å². The summed E-state index contributed by atoms with van der Waals surface area (Å²) in [5.74, 6) is 0. The fourth-order valence-electron chi connectivity index (χ4n) is 0.439. The Balaban J connectivity index is 0.000000261. The summed E-state index contributed by atoms with van der Waals surface area (Å²) in [6.45, 7) is 0. The Kier molecular flexibility index (Phi) is 6.44. The molecule has 2 N–H and O–H groups in total. The quantitative estimate of drug-likeness (QED) is 0.671. The zero-order valence-electron chi connectivity index (χ0n) is 5.87. The van der Waals surface area contributed by atoms with Crippen LogP contribution in [0.1, 0.15) is 0 Å². The van der Waals surface area contributed by atoms with Gasteiger partial charge in [0.25, 0.3) is 0 Å². The van der Waals surface area contributed by atoms with Gasteiger partial charge in [0.05, 0.1) is 10.0 Å². The molecule has 0 amide bonds. The summed E-state index contributed by atoms with van der Waals surface area (Å²) in [7, 11) is -3.13. The van der Waals surface area contributed by atoms with Gasteiger partial charge in [-0.3, -0.25) is 4.57 Å². The van der Waals surface area contributed by atoms with E-state index in [-0.39, 0.29) is 0 Å². The molecule has 0 saturated heterocycles. The van der Waals surface area contributed by atoms with Gasteiger partial charge in [-0.15, -0.1) is 0 Å². The molecular weight excluding hydrogens is 222 g/mol. The lowest BCUT2D eigenvalue weighted by atomic mass is 10.4. The molecule has 1 aromatic carbocycles. The molecule has 1 aromatic rings.